The summed E-state index contributed by atoms with van der Waals surface area (Å²) in [6.45, 7) is 0. The Hall–Kier alpha value is -5.22. The lowest BCUT2D eigenvalue weighted by atomic mass is 10.0. The van der Waals surface area contributed by atoms with Crippen molar-refractivity contribution in [3.05, 3.63) is 133 Å². The number of benzene rings is 6. The van der Waals surface area contributed by atoms with Crippen LogP contribution in [0.3, 0.4) is 0 Å². The molecule has 6 aromatic carbocycles. The Morgan fingerprint density at radius 1 is 0.395 bits per heavy atom. The van der Waals surface area contributed by atoms with Crippen LogP contribution in [-0.4, -0.2) is 19.3 Å². The molecule has 0 atom stereocenters. The summed E-state index contributed by atoms with van der Waals surface area (Å²) in [5.74, 6) is 1.58. The summed E-state index contributed by atoms with van der Waals surface area (Å²) in [5.41, 5.74) is 4.31. The summed E-state index contributed by atoms with van der Waals surface area (Å²) in [5, 5.41) is 16.8. The maximum Gasteiger partial charge on any atom is 0.241 e. The van der Waals surface area contributed by atoms with E-state index in [4.69, 9.17) is 10.2 Å². The maximum absolute atomic E-state index is 4.90. The number of fused-ring (bicyclic) bond motifs is 5. The fourth-order valence-electron chi connectivity index (χ4n) is 5.78. The molecule has 38 heavy (non-hydrogen) atoms. The molecule has 0 fully saturated rings. The Bertz CT molecular complexity index is 2080. The number of nitrogens with zero attached hydrogens (tertiary/aromatic N) is 4. The van der Waals surface area contributed by atoms with Crippen molar-refractivity contribution in [2.24, 2.45) is 0 Å². The van der Waals surface area contributed by atoms with Gasteiger partial charge in [-0.1, -0.05) is 115 Å². The van der Waals surface area contributed by atoms with Gasteiger partial charge in [0.05, 0.1) is 16.7 Å². The van der Waals surface area contributed by atoms with Crippen LogP contribution in [0.1, 0.15) is 0 Å². The average Bonchev–Trinajstić information content (AvgIpc) is 3.55. The molecule has 2 heterocycles. The third-order valence-electron chi connectivity index (χ3n) is 7.46. The third kappa shape index (κ3) is 2.98. The van der Waals surface area contributed by atoms with Crippen LogP contribution < -0.4 is 0 Å². The molecule has 4 heteroatoms. The Kier molecular flexibility index (Phi) is 4.49. The number of para-hydroxylation sites is 2. The second kappa shape index (κ2) is 8.15. The minimum Gasteiger partial charge on any atom is -0.278 e. The Balaban J connectivity index is 1.54. The molecule has 0 aliphatic rings. The first-order valence-corrected chi connectivity index (χ1v) is 12.8. The van der Waals surface area contributed by atoms with Crippen LogP contribution in [0.2, 0.25) is 0 Å². The van der Waals surface area contributed by atoms with Crippen LogP contribution in [0.25, 0.3) is 66.4 Å². The molecule has 2 aromatic heterocycles. The zero-order chi connectivity index (χ0) is 25.1. The first kappa shape index (κ1) is 20.9. The van der Waals surface area contributed by atoms with Gasteiger partial charge in [-0.05, 0) is 34.4 Å². The molecule has 0 spiro atoms. The van der Waals surface area contributed by atoms with Gasteiger partial charge in [0.1, 0.15) is 0 Å². The van der Waals surface area contributed by atoms with E-state index in [-0.39, 0.29) is 0 Å². The van der Waals surface area contributed by atoms with Crippen molar-refractivity contribution in [2.45, 2.75) is 0 Å². The lowest BCUT2D eigenvalue weighted by Crippen LogP contribution is -2.07. The molecular formula is C34H22N4. The highest BCUT2D eigenvalue weighted by molar-refractivity contribution is 6.09. The first-order chi connectivity index (χ1) is 18.9. The zero-order valence-electron chi connectivity index (χ0n) is 20.5. The molecule has 8 aromatic rings. The molecular weight excluding hydrogens is 464 g/mol. The van der Waals surface area contributed by atoms with E-state index in [1.807, 2.05) is 0 Å². The van der Waals surface area contributed by atoms with Gasteiger partial charge in [-0.2, -0.15) is 0 Å². The van der Waals surface area contributed by atoms with Crippen LogP contribution in [0, 0.1) is 0 Å². The highest BCUT2D eigenvalue weighted by atomic mass is 15.4. The van der Waals surface area contributed by atoms with Crippen molar-refractivity contribution in [3.63, 3.8) is 0 Å². The van der Waals surface area contributed by atoms with Gasteiger partial charge in [0, 0.05) is 21.7 Å². The van der Waals surface area contributed by atoms with E-state index in [1.165, 1.54) is 21.5 Å². The first-order valence-electron chi connectivity index (χ1n) is 12.8. The van der Waals surface area contributed by atoms with Gasteiger partial charge in [0.2, 0.25) is 5.95 Å². The highest BCUT2D eigenvalue weighted by Crippen LogP contribution is 2.37. The molecule has 0 N–H and O–H groups in total. The summed E-state index contributed by atoms with van der Waals surface area (Å²) >= 11 is 0. The summed E-state index contributed by atoms with van der Waals surface area (Å²) in [4.78, 5) is 0. The Morgan fingerprint density at radius 3 is 1.63 bits per heavy atom. The quantitative estimate of drug-likeness (QED) is 0.252. The van der Waals surface area contributed by atoms with Crippen LogP contribution in [0.5, 0.6) is 0 Å². The molecule has 178 valence electrons. The smallest absolute Gasteiger partial charge is 0.241 e. The van der Waals surface area contributed by atoms with E-state index in [1.54, 1.807) is 0 Å². The van der Waals surface area contributed by atoms with Crippen molar-refractivity contribution in [3.8, 4) is 23.0 Å². The molecule has 0 bridgehead atoms. The summed E-state index contributed by atoms with van der Waals surface area (Å²) < 4.78 is 4.47. The summed E-state index contributed by atoms with van der Waals surface area (Å²) in [6.07, 6.45) is 0. The van der Waals surface area contributed by atoms with E-state index >= 15 is 0 Å². The van der Waals surface area contributed by atoms with Crippen LogP contribution in [-0.2, 0) is 0 Å². The standard InChI is InChI=1S/C34H22N4/c1-3-15-25-23(11-1)13-9-19-29(25)33-35-36-34(38(33)30-22-10-14-24-12-2-4-16-26(24)30)37-31-20-7-5-17-27(31)28-18-6-8-21-32(28)37/h1-22H. The van der Waals surface area contributed by atoms with E-state index in [0.717, 1.165) is 44.8 Å². The number of hydrogen-bond donors (Lipinski definition) is 0. The molecule has 0 unspecified atom stereocenters. The minimum absolute atomic E-state index is 0.765. The van der Waals surface area contributed by atoms with E-state index in [9.17, 15) is 0 Å². The van der Waals surface area contributed by atoms with Gasteiger partial charge in [0.25, 0.3) is 0 Å². The zero-order valence-corrected chi connectivity index (χ0v) is 20.5. The number of hydrogen-bond acceptors (Lipinski definition) is 2. The van der Waals surface area contributed by atoms with E-state index < -0.39 is 0 Å². The maximum atomic E-state index is 4.90. The second-order valence-corrected chi connectivity index (χ2v) is 9.55. The monoisotopic (exact) mass is 486 g/mol. The minimum atomic E-state index is 0.765. The largest absolute Gasteiger partial charge is 0.278 e. The summed E-state index contributed by atoms with van der Waals surface area (Å²) in [6, 6.07) is 46.8. The van der Waals surface area contributed by atoms with Gasteiger partial charge in [-0.25, -0.2) is 0 Å². The molecule has 0 aliphatic carbocycles. The number of rotatable bonds is 3. The van der Waals surface area contributed by atoms with E-state index in [2.05, 4.69) is 143 Å². The molecule has 0 saturated carbocycles. The molecule has 8 rings (SSSR count). The lowest BCUT2D eigenvalue weighted by molar-refractivity contribution is 0.937. The molecule has 0 amide bonds. The average molecular weight is 487 g/mol. The predicted molar refractivity (Wildman–Crippen MR) is 156 cm³/mol. The van der Waals surface area contributed by atoms with Crippen LogP contribution in [0.4, 0.5) is 0 Å². The summed E-state index contributed by atoms with van der Waals surface area (Å²) in [7, 11) is 0. The Labute approximate surface area is 219 Å². The molecule has 4 nitrogen and oxygen atoms in total. The van der Waals surface area contributed by atoms with Gasteiger partial charge < -0.3 is 0 Å². The van der Waals surface area contributed by atoms with Crippen molar-refractivity contribution in [2.75, 3.05) is 0 Å². The van der Waals surface area contributed by atoms with Gasteiger partial charge >= 0.3 is 0 Å². The third-order valence-corrected chi connectivity index (χ3v) is 7.46. The molecule has 0 aliphatic heterocycles. The molecule has 0 radical (unpaired) electrons. The van der Waals surface area contributed by atoms with Crippen molar-refractivity contribution in [1.29, 1.82) is 0 Å². The predicted octanol–water partition coefficient (Wildman–Crippen LogP) is 8.34. The fourth-order valence-corrected chi connectivity index (χ4v) is 5.78. The lowest BCUT2D eigenvalue weighted by Gasteiger charge is -2.16. The van der Waals surface area contributed by atoms with E-state index in [0.29, 0.717) is 0 Å². The SMILES string of the molecule is c1ccc2c(-c3nnc(-n4c5ccccc5c5ccccc54)n3-c3cccc4ccccc34)cccc2c1. The second-order valence-electron chi connectivity index (χ2n) is 9.55. The van der Waals surface area contributed by atoms with Gasteiger partial charge in [0.15, 0.2) is 5.82 Å². The normalized spacial score (nSPS) is 11.7. The van der Waals surface area contributed by atoms with Gasteiger partial charge in [-0.15, -0.1) is 10.2 Å². The van der Waals surface area contributed by atoms with Crippen molar-refractivity contribution >= 4 is 43.4 Å². The van der Waals surface area contributed by atoms with Crippen LogP contribution in [0.15, 0.2) is 133 Å². The number of aromatic nitrogens is 4. The Morgan fingerprint density at radius 2 is 0.921 bits per heavy atom. The topological polar surface area (TPSA) is 35.6 Å². The van der Waals surface area contributed by atoms with Crippen molar-refractivity contribution < 1.29 is 0 Å². The van der Waals surface area contributed by atoms with Crippen molar-refractivity contribution in [1.82, 2.24) is 19.3 Å². The fraction of sp³-hybridized carbons (Fsp3) is 0. The van der Waals surface area contributed by atoms with Crippen LogP contribution >= 0.6 is 0 Å². The highest BCUT2D eigenvalue weighted by Gasteiger charge is 2.23. The van der Waals surface area contributed by atoms with Gasteiger partial charge in [-0.3, -0.25) is 9.13 Å². The molecule has 0 saturated heterocycles.